The van der Waals surface area contributed by atoms with Crippen molar-refractivity contribution in [3.8, 4) is 6.07 Å². The molecule has 0 saturated carbocycles. The molecule has 0 radical (unpaired) electrons. The van der Waals surface area contributed by atoms with E-state index >= 15 is 0 Å². The van der Waals surface area contributed by atoms with Crippen molar-refractivity contribution in [1.29, 1.82) is 5.26 Å². The number of primary amides is 1. The van der Waals surface area contributed by atoms with E-state index in [1.54, 1.807) is 0 Å². The average Bonchev–Trinajstić information content (AvgIpc) is 2.43. The molecule has 0 aromatic rings. The summed E-state index contributed by atoms with van der Waals surface area (Å²) in [6, 6.07) is 2.94. The van der Waals surface area contributed by atoms with E-state index in [-0.39, 0.29) is 5.57 Å². The molecule has 0 unspecified atom stereocenters. The SMILES string of the molecule is CN1[C@H]2CC[C@H]1CC(=C(C#N)C(N)=O)C2. The molecule has 4 nitrogen and oxygen atoms in total. The van der Waals surface area contributed by atoms with Gasteiger partial charge >= 0.3 is 0 Å². The minimum absolute atomic E-state index is 0.194. The van der Waals surface area contributed by atoms with Crippen molar-refractivity contribution in [3.05, 3.63) is 11.1 Å². The van der Waals surface area contributed by atoms with E-state index < -0.39 is 5.91 Å². The third-order valence-electron chi connectivity index (χ3n) is 3.66. The second kappa shape index (κ2) is 3.67. The maximum absolute atomic E-state index is 11.1. The van der Waals surface area contributed by atoms with Gasteiger partial charge in [-0.25, -0.2) is 0 Å². The van der Waals surface area contributed by atoms with Crippen LogP contribution in [0.15, 0.2) is 11.1 Å². The highest BCUT2D eigenvalue weighted by molar-refractivity contribution is 5.96. The minimum Gasteiger partial charge on any atom is -0.365 e. The number of rotatable bonds is 1. The summed E-state index contributed by atoms with van der Waals surface area (Å²) in [4.78, 5) is 13.4. The number of hydrogen-bond donors (Lipinski definition) is 1. The Labute approximate surface area is 89.3 Å². The normalized spacial score (nSPS) is 30.0. The number of hydrogen-bond acceptors (Lipinski definition) is 3. The first-order chi connectivity index (χ1) is 7.13. The number of nitriles is 1. The van der Waals surface area contributed by atoms with E-state index in [0.29, 0.717) is 12.1 Å². The topological polar surface area (TPSA) is 70.1 Å². The monoisotopic (exact) mass is 205 g/mol. The van der Waals surface area contributed by atoms with Crippen molar-refractivity contribution < 1.29 is 4.79 Å². The average molecular weight is 205 g/mol. The molecule has 2 saturated heterocycles. The fraction of sp³-hybridized carbons (Fsp3) is 0.636. The van der Waals surface area contributed by atoms with Crippen LogP contribution in [-0.2, 0) is 4.79 Å². The number of carbonyl (C=O) groups excluding carboxylic acids is 1. The number of fused-ring (bicyclic) bond motifs is 2. The van der Waals surface area contributed by atoms with Crippen LogP contribution in [0.5, 0.6) is 0 Å². The van der Waals surface area contributed by atoms with Crippen molar-refractivity contribution in [2.45, 2.75) is 37.8 Å². The summed E-state index contributed by atoms with van der Waals surface area (Å²) in [7, 11) is 2.12. The number of nitrogens with zero attached hydrogens (tertiary/aromatic N) is 2. The lowest BCUT2D eigenvalue weighted by atomic mass is 9.93. The molecule has 1 amide bonds. The van der Waals surface area contributed by atoms with Crippen LogP contribution in [0.2, 0.25) is 0 Å². The predicted molar refractivity (Wildman–Crippen MR) is 55.6 cm³/mol. The fourth-order valence-corrected chi connectivity index (χ4v) is 2.75. The van der Waals surface area contributed by atoms with Gasteiger partial charge in [-0.15, -0.1) is 0 Å². The summed E-state index contributed by atoms with van der Waals surface area (Å²) >= 11 is 0. The van der Waals surface area contributed by atoms with Crippen LogP contribution >= 0.6 is 0 Å². The van der Waals surface area contributed by atoms with Gasteiger partial charge in [-0.1, -0.05) is 0 Å². The van der Waals surface area contributed by atoms with E-state index in [2.05, 4.69) is 11.9 Å². The van der Waals surface area contributed by atoms with Gasteiger partial charge in [0.2, 0.25) is 0 Å². The highest BCUT2D eigenvalue weighted by Gasteiger charge is 2.37. The molecule has 15 heavy (non-hydrogen) atoms. The Bertz CT molecular complexity index is 351. The van der Waals surface area contributed by atoms with Gasteiger partial charge in [-0.3, -0.25) is 9.69 Å². The van der Waals surface area contributed by atoms with Gasteiger partial charge in [0.25, 0.3) is 5.91 Å². The molecule has 2 fully saturated rings. The first-order valence-electron chi connectivity index (χ1n) is 5.27. The molecule has 2 rings (SSSR count). The van der Waals surface area contributed by atoms with Crippen LogP contribution in [0.3, 0.4) is 0 Å². The molecule has 2 atom stereocenters. The van der Waals surface area contributed by atoms with Gasteiger partial charge in [0.15, 0.2) is 0 Å². The highest BCUT2D eigenvalue weighted by atomic mass is 16.1. The molecule has 2 heterocycles. The molecule has 80 valence electrons. The van der Waals surface area contributed by atoms with E-state index in [1.807, 2.05) is 6.07 Å². The lowest BCUT2D eigenvalue weighted by molar-refractivity contribution is -0.114. The highest BCUT2D eigenvalue weighted by Crippen LogP contribution is 2.38. The smallest absolute Gasteiger partial charge is 0.259 e. The number of carbonyl (C=O) groups is 1. The van der Waals surface area contributed by atoms with Crippen LogP contribution in [-0.4, -0.2) is 29.9 Å². The molecule has 0 aliphatic carbocycles. The molecular weight excluding hydrogens is 190 g/mol. The van der Waals surface area contributed by atoms with Crippen molar-refractivity contribution in [1.82, 2.24) is 4.90 Å². The zero-order valence-corrected chi connectivity index (χ0v) is 8.86. The Balaban J connectivity index is 2.28. The fourth-order valence-electron chi connectivity index (χ4n) is 2.75. The maximum atomic E-state index is 11.1. The van der Waals surface area contributed by atoms with E-state index in [0.717, 1.165) is 18.4 Å². The second-order valence-corrected chi connectivity index (χ2v) is 4.41. The van der Waals surface area contributed by atoms with Crippen LogP contribution < -0.4 is 5.73 Å². The predicted octanol–water partition coefficient (Wildman–Crippen LogP) is 0.548. The maximum Gasteiger partial charge on any atom is 0.259 e. The summed E-state index contributed by atoms with van der Waals surface area (Å²) in [5.74, 6) is -0.573. The van der Waals surface area contributed by atoms with Crippen LogP contribution in [0.4, 0.5) is 0 Å². The van der Waals surface area contributed by atoms with E-state index in [9.17, 15) is 4.79 Å². The standard InChI is InChI=1S/C11H15N3O/c1-14-8-2-3-9(14)5-7(4-8)10(6-12)11(13)15/h8-9H,2-5H2,1H3,(H2,13,15)/t8-,9-/m0/s1. The van der Waals surface area contributed by atoms with Gasteiger partial charge in [-0.2, -0.15) is 5.26 Å². The Morgan fingerprint density at radius 1 is 1.47 bits per heavy atom. The van der Waals surface area contributed by atoms with Crippen molar-refractivity contribution >= 4 is 5.91 Å². The van der Waals surface area contributed by atoms with Crippen molar-refractivity contribution in [3.63, 3.8) is 0 Å². The molecule has 4 heteroatoms. The van der Waals surface area contributed by atoms with Crippen molar-refractivity contribution in [2.24, 2.45) is 5.73 Å². The van der Waals surface area contributed by atoms with Crippen LogP contribution in [0.1, 0.15) is 25.7 Å². The molecule has 2 aliphatic heterocycles. The quantitative estimate of drug-likeness (QED) is 0.502. The van der Waals surface area contributed by atoms with Gasteiger partial charge in [-0.05, 0) is 38.3 Å². The summed E-state index contributed by atoms with van der Waals surface area (Å²) in [5.41, 5.74) is 6.35. The molecular formula is C11H15N3O. The van der Waals surface area contributed by atoms with E-state index in [1.165, 1.54) is 12.8 Å². The lowest BCUT2D eigenvalue weighted by Gasteiger charge is -2.32. The van der Waals surface area contributed by atoms with E-state index in [4.69, 9.17) is 11.0 Å². The van der Waals surface area contributed by atoms with Crippen molar-refractivity contribution in [2.75, 3.05) is 7.05 Å². The zero-order chi connectivity index (χ0) is 11.0. The van der Waals surface area contributed by atoms with Gasteiger partial charge in [0.1, 0.15) is 11.6 Å². The number of amides is 1. The summed E-state index contributed by atoms with van der Waals surface area (Å²) in [6.07, 6.45) is 4.00. The molecule has 2 N–H and O–H groups in total. The number of nitrogens with two attached hydrogens (primary N) is 1. The Hall–Kier alpha value is -1.34. The summed E-state index contributed by atoms with van der Waals surface area (Å²) < 4.78 is 0. The first kappa shape index (κ1) is 10.2. The van der Waals surface area contributed by atoms with Gasteiger partial charge < -0.3 is 5.73 Å². The Morgan fingerprint density at radius 2 is 2.00 bits per heavy atom. The van der Waals surface area contributed by atoms with Crippen LogP contribution in [0.25, 0.3) is 0 Å². The Morgan fingerprint density at radius 3 is 2.40 bits per heavy atom. The third kappa shape index (κ3) is 1.64. The lowest BCUT2D eigenvalue weighted by Crippen LogP contribution is -2.37. The molecule has 0 spiro atoms. The largest absolute Gasteiger partial charge is 0.365 e. The van der Waals surface area contributed by atoms with Gasteiger partial charge in [0.05, 0.1) is 0 Å². The van der Waals surface area contributed by atoms with Gasteiger partial charge in [0, 0.05) is 12.1 Å². The molecule has 2 bridgehead atoms. The molecule has 2 aliphatic rings. The zero-order valence-electron chi connectivity index (χ0n) is 8.86. The third-order valence-corrected chi connectivity index (χ3v) is 3.66. The summed E-state index contributed by atoms with van der Waals surface area (Å²) in [6.45, 7) is 0. The Kier molecular flexibility index (Phi) is 2.49. The minimum atomic E-state index is -0.573. The molecule has 0 aromatic heterocycles. The first-order valence-corrected chi connectivity index (χ1v) is 5.27. The molecule has 0 aromatic carbocycles. The summed E-state index contributed by atoms with van der Waals surface area (Å²) in [5, 5.41) is 8.89. The van der Waals surface area contributed by atoms with Crippen LogP contribution in [0, 0.1) is 11.3 Å². The number of piperidine rings is 1. The second-order valence-electron chi connectivity index (χ2n) is 4.41.